The van der Waals surface area contributed by atoms with Crippen molar-refractivity contribution >= 4 is 5.91 Å². The molecule has 0 aliphatic rings. The fraction of sp³-hybridized carbons (Fsp3) is 0.302. The third-order valence-corrected chi connectivity index (χ3v) is 8.85. The Hall–Kier alpha value is -4.84. The zero-order chi connectivity index (χ0) is 37.3. The molecule has 1 unspecified atom stereocenters. The number of nitrogens with zero attached hydrogens (tertiary/aromatic N) is 1. The number of amides is 1. The molecule has 4 aromatic carbocycles. The van der Waals surface area contributed by atoms with Gasteiger partial charge in [-0.2, -0.15) is 0 Å². The lowest BCUT2D eigenvalue weighted by Crippen LogP contribution is -2.31. The predicted molar refractivity (Wildman–Crippen MR) is 202 cm³/mol. The van der Waals surface area contributed by atoms with Gasteiger partial charge in [0.05, 0.1) is 58.5 Å². The van der Waals surface area contributed by atoms with Crippen molar-refractivity contribution in [1.82, 2.24) is 10.3 Å². The van der Waals surface area contributed by atoms with Crippen molar-refractivity contribution < 1.29 is 32.5 Å². The number of rotatable bonds is 22. The molecule has 8 nitrogen and oxygen atoms in total. The summed E-state index contributed by atoms with van der Waals surface area (Å²) in [4.78, 5) is 15.7. The van der Waals surface area contributed by atoms with Gasteiger partial charge in [-0.05, 0) is 70.6 Å². The van der Waals surface area contributed by atoms with E-state index in [4.69, 9.17) is 29.7 Å². The summed E-state index contributed by atoms with van der Waals surface area (Å²) in [5.74, 6) is -1.34. The van der Waals surface area contributed by atoms with Crippen LogP contribution in [-0.2, 0) is 23.7 Å². The Labute approximate surface area is 310 Å². The number of hydrogen-bond donors (Lipinski definition) is 2. The summed E-state index contributed by atoms with van der Waals surface area (Å²) in [6.45, 7) is 5.75. The summed E-state index contributed by atoms with van der Waals surface area (Å²) >= 11 is 0. The molecule has 5 rings (SSSR count). The summed E-state index contributed by atoms with van der Waals surface area (Å²) in [6.07, 6.45) is 2.07. The van der Waals surface area contributed by atoms with Gasteiger partial charge in [-0.1, -0.05) is 78.9 Å². The Balaban J connectivity index is 1.24. The van der Waals surface area contributed by atoms with Gasteiger partial charge in [-0.3, -0.25) is 9.78 Å². The van der Waals surface area contributed by atoms with E-state index in [1.165, 1.54) is 24.3 Å². The molecule has 278 valence electrons. The number of aromatic nitrogens is 1. The second kappa shape index (κ2) is 21.0. The van der Waals surface area contributed by atoms with Gasteiger partial charge in [-0.25, -0.2) is 8.78 Å². The summed E-state index contributed by atoms with van der Waals surface area (Å²) in [5, 5.41) is 3.66. The van der Waals surface area contributed by atoms with Crippen LogP contribution >= 0.6 is 0 Å². The number of carbonyl (C=O) groups is 1. The highest BCUT2D eigenvalue weighted by atomic mass is 19.1. The number of ether oxygens (including phenoxy) is 4. The topological polar surface area (TPSA) is 105 Å². The smallest absolute Gasteiger partial charge is 0.219 e. The highest BCUT2D eigenvalue weighted by Gasteiger charge is 2.27. The molecule has 0 saturated heterocycles. The van der Waals surface area contributed by atoms with E-state index in [1.54, 1.807) is 24.3 Å². The molecule has 0 spiro atoms. The zero-order valence-electron chi connectivity index (χ0n) is 30.0. The van der Waals surface area contributed by atoms with Gasteiger partial charge in [0.2, 0.25) is 5.91 Å². The van der Waals surface area contributed by atoms with E-state index in [1.807, 2.05) is 30.5 Å². The minimum atomic E-state index is -0.393. The van der Waals surface area contributed by atoms with E-state index in [-0.39, 0.29) is 36.6 Å². The fourth-order valence-corrected chi connectivity index (χ4v) is 6.16. The maximum atomic E-state index is 14.1. The first-order valence-electron chi connectivity index (χ1n) is 17.9. The maximum absolute atomic E-state index is 14.1. The van der Waals surface area contributed by atoms with Gasteiger partial charge in [0.1, 0.15) is 11.6 Å². The highest BCUT2D eigenvalue weighted by Crippen LogP contribution is 2.38. The molecule has 10 heteroatoms. The quantitative estimate of drug-likeness (QED) is 0.0717. The Morgan fingerprint density at radius 2 is 1.17 bits per heavy atom. The van der Waals surface area contributed by atoms with Crippen LogP contribution < -0.4 is 11.1 Å². The molecular weight excluding hydrogens is 676 g/mol. The Morgan fingerprint density at radius 1 is 0.642 bits per heavy atom. The van der Waals surface area contributed by atoms with Gasteiger partial charge in [0.25, 0.3) is 0 Å². The Kier molecular flexibility index (Phi) is 15.6. The average molecular weight is 724 g/mol. The number of halogens is 2. The summed E-state index contributed by atoms with van der Waals surface area (Å²) in [6, 6.07) is 33.2. The number of hydrogen-bond acceptors (Lipinski definition) is 7. The van der Waals surface area contributed by atoms with Crippen molar-refractivity contribution in [2.45, 2.75) is 25.3 Å². The SMILES string of the molecule is Cc1c(-c2ccccc2)cccc1-c1ccc(C(NCCOCCOCCOCCOCCC(N)=O)C(c2ccc(F)cc2)c2ccc(F)cc2)cn1. The number of nitrogens with one attached hydrogen (secondary N) is 1. The molecule has 3 N–H and O–H groups in total. The minimum Gasteiger partial charge on any atom is -0.379 e. The van der Waals surface area contributed by atoms with Crippen LogP contribution in [0.2, 0.25) is 0 Å². The van der Waals surface area contributed by atoms with E-state index in [9.17, 15) is 13.6 Å². The third kappa shape index (κ3) is 12.1. The minimum absolute atomic E-state index is 0.192. The molecule has 1 aromatic heterocycles. The lowest BCUT2D eigenvalue weighted by molar-refractivity contribution is -0.119. The molecule has 0 aliphatic heterocycles. The summed E-state index contributed by atoms with van der Waals surface area (Å²) < 4.78 is 50.4. The second-order valence-electron chi connectivity index (χ2n) is 12.5. The van der Waals surface area contributed by atoms with Gasteiger partial charge >= 0.3 is 0 Å². The van der Waals surface area contributed by atoms with Crippen molar-refractivity contribution in [2.24, 2.45) is 5.73 Å². The molecule has 1 atom stereocenters. The lowest BCUT2D eigenvalue weighted by atomic mass is 9.82. The molecular formula is C43H47F2N3O5. The number of pyridine rings is 1. The number of benzene rings is 4. The molecule has 1 heterocycles. The predicted octanol–water partition coefficient (Wildman–Crippen LogP) is 7.41. The van der Waals surface area contributed by atoms with Crippen LogP contribution in [0, 0.1) is 18.6 Å². The highest BCUT2D eigenvalue weighted by molar-refractivity contribution is 5.76. The van der Waals surface area contributed by atoms with Gasteiger partial charge in [-0.15, -0.1) is 0 Å². The molecule has 0 saturated carbocycles. The average Bonchev–Trinajstić information content (AvgIpc) is 3.17. The molecule has 0 fully saturated rings. The van der Waals surface area contributed by atoms with E-state index >= 15 is 0 Å². The van der Waals surface area contributed by atoms with Crippen LogP contribution in [0.15, 0.2) is 115 Å². The van der Waals surface area contributed by atoms with Crippen LogP contribution in [0.25, 0.3) is 22.4 Å². The molecule has 53 heavy (non-hydrogen) atoms. The second-order valence-corrected chi connectivity index (χ2v) is 12.5. The molecule has 1 amide bonds. The van der Waals surface area contributed by atoms with Crippen LogP contribution in [0.4, 0.5) is 8.78 Å². The molecule has 0 aliphatic carbocycles. The first kappa shape index (κ1) is 39.4. The molecule has 0 bridgehead atoms. The summed E-state index contributed by atoms with van der Waals surface area (Å²) in [5.41, 5.74) is 13.1. The van der Waals surface area contributed by atoms with E-state index in [2.05, 4.69) is 48.6 Å². The number of carbonyl (C=O) groups excluding carboxylic acids is 1. The van der Waals surface area contributed by atoms with E-state index in [0.717, 1.165) is 44.6 Å². The van der Waals surface area contributed by atoms with Crippen molar-refractivity contribution in [3.63, 3.8) is 0 Å². The zero-order valence-corrected chi connectivity index (χ0v) is 30.0. The van der Waals surface area contributed by atoms with Crippen molar-refractivity contribution in [3.8, 4) is 22.4 Å². The number of primary amides is 1. The van der Waals surface area contributed by atoms with Gasteiger partial charge in [0, 0.05) is 36.7 Å². The van der Waals surface area contributed by atoms with E-state index < -0.39 is 5.91 Å². The monoisotopic (exact) mass is 723 g/mol. The lowest BCUT2D eigenvalue weighted by Gasteiger charge is -2.30. The largest absolute Gasteiger partial charge is 0.379 e. The first-order valence-corrected chi connectivity index (χ1v) is 17.9. The standard InChI is InChI=1S/C43H47F2N3O5/c1-31-38(32-6-3-2-4-7-32)8-5-9-39(31)40-19-14-35(30-48-40)43(42(33-10-15-36(44)16-11-33)34-12-17-37(45)18-13-34)47-21-23-51-25-27-53-29-28-52-26-24-50-22-20-41(46)49/h2-19,30,42-43,47H,20-29H2,1H3,(H2,46,49). The van der Waals surface area contributed by atoms with Gasteiger partial charge < -0.3 is 30.0 Å². The summed E-state index contributed by atoms with van der Waals surface area (Å²) in [7, 11) is 0. The Morgan fingerprint density at radius 3 is 1.72 bits per heavy atom. The van der Waals surface area contributed by atoms with Crippen LogP contribution in [0.5, 0.6) is 0 Å². The van der Waals surface area contributed by atoms with E-state index in [0.29, 0.717) is 52.8 Å². The van der Waals surface area contributed by atoms with Crippen LogP contribution in [0.3, 0.4) is 0 Å². The maximum Gasteiger partial charge on any atom is 0.219 e. The first-order chi connectivity index (χ1) is 25.9. The molecule has 0 radical (unpaired) electrons. The van der Waals surface area contributed by atoms with Crippen molar-refractivity contribution in [1.29, 1.82) is 0 Å². The van der Waals surface area contributed by atoms with Crippen molar-refractivity contribution in [3.05, 3.63) is 149 Å². The van der Waals surface area contributed by atoms with Crippen LogP contribution in [-0.4, -0.2) is 70.3 Å². The fourth-order valence-electron chi connectivity index (χ4n) is 6.16. The van der Waals surface area contributed by atoms with Gasteiger partial charge in [0.15, 0.2) is 0 Å². The number of nitrogens with two attached hydrogens (primary N) is 1. The van der Waals surface area contributed by atoms with Crippen LogP contribution in [0.1, 0.15) is 40.6 Å². The Bertz CT molecular complexity index is 1780. The van der Waals surface area contributed by atoms with Crippen molar-refractivity contribution in [2.75, 3.05) is 59.4 Å². The molecule has 5 aromatic rings. The third-order valence-electron chi connectivity index (χ3n) is 8.85. The normalized spacial score (nSPS) is 11.9.